The molecule has 2 rings (SSSR count). The van der Waals surface area contributed by atoms with Gasteiger partial charge in [-0.3, -0.25) is 0 Å². The van der Waals surface area contributed by atoms with Crippen LogP contribution in [0.2, 0.25) is 0 Å². The first-order valence-electron chi connectivity index (χ1n) is 4.94. The fraction of sp³-hybridized carbons (Fsp3) is 0.500. The Kier molecular flexibility index (Phi) is 1.83. The molecule has 0 unspecified atom stereocenters. The number of methoxy groups -OCH3 is 1. The van der Waals surface area contributed by atoms with Crippen LogP contribution in [0.1, 0.15) is 37.8 Å². The van der Waals surface area contributed by atoms with Gasteiger partial charge in [0.15, 0.2) is 0 Å². The Bertz CT molecular complexity index is 351. The van der Waals surface area contributed by atoms with Crippen LogP contribution in [0.15, 0.2) is 6.07 Å². The SMILES string of the molecule is CCc1cc2c(C(C)C)c-2c1OC. The molecule has 0 radical (unpaired) electrons. The highest BCUT2D eigenvalue weighted by molar-refractivity contribution is 5.97. The Morgan fingerprint density at radius 1 is 1.38 bits per heavy atom. The second kappa shape index (κ2) is 2.76. The van der Waals surface area contributed by atoms with Crippen molar-refractivity contribution in [3.05, 3.63) is 17.2 Å². The first-order valence-corrected chi connectivity index (χ1v) is 4.94. The van der Waals surface area contributed by atoms with Crippen LogP contribution in [0, 0.1) is 0 Å². The van der Waals surface area contributed by atoms with Crippen molar-refractivity contribution in [3.8, 4) is 16.9 Å². The first-order chi connectivity index (χ1) is 6.20. The molecule has 0 fully saturated rings. The zero-order valence-electron chi connectivity index (χ0n) is 8.77. The lowest BCUT2D eigenvalue weighted by molar-refractivity contribution is 0.414. The molecule has 0 aromatic carbocycles. The van der Waals surface area contributed by atoms with E-state index in [-0.39, 0.29) is 0 Å². The number of rotatable bonds is 3. The fourth-order valence-corrected chi connectivity index (χ4v) is 2.11. The number of ether oxygens (including phenoxy) is 1. The number of fused-ring (bicyclic) bond motifs is 1. The molecule has 1 heteroatoms. The molecule has 0 aliphatic heterocycles. The van der Waals surface area contributed by atoms with Crippen LogP contribution in [0.4, 0.5) is 0 Å². The highest BCUT2D eigenvalue weighted by Crippen LogP contribution is 2.56. The van der Waals surface area contributed by atoms with Crippen LogP contribution in [0.3, 0.4) is 0 Å². The molecule has 70 valence electrons. The minimum atomic E-state index is 0.643. The highest BCUT2D eigenvalue weighted by Gasteiger charge is 2.33. The summed E-state index contributed by atoms with van der Waals surface area (Å²) < 4.78 is 5.42. The molecule has 0 spiro atoms. The van der Waals surface area contributed by atoms with Crippen molar-refractivity contribution in [3.63, 3.8) is 0 Å². The lowest BCUT2D eigenvalue weighted by atomic mass is 10.1. The highest BCUT2D eigenvalue weighted by atomic mass is 16.5. The third-order valence-electron chi connectivity index (χ3n) is 2.77. The zero-order chi connectivity index (χ0) is 9.59. The topological polar surface area (TPSA) is 9.23 Å². The molecule has 0 bridgehead atoms. The van der Waals surface area contributed by atoms with E-state index in [1.165, 1.54) is 22.3 Å². The van der Waals surface area contributed by atoms with E-state index in [0.717, 1.165) is 12.2 Å². The summed E-state index contributed by atoms with van der Waals surface area (Å²) in [6.45, 7) is 6.65. The fourth-order valence-electron chi connectivity index (χ4n) is 2.11. The third-order valence-corrected chi connectivity index (χ3v) is 2.77. The summed E-state index contributed by atoms with van der Waals surface area (Å²) in [4.78, 5) is 0. The molecule has 0 aromatic heterocycles. The third kappa shape index (κ3) is 1.06. The van der Waals surface area contributed by atoms with Gasteiger partial charge in [-0.2, -0.15) is 0 Å². The smallest absolute Gasteiger partial charge is 0.130 e. The van der Waals surface area contributed by atoms with Crippen molar-refractivity contribution in [1.82, 2.24) is 0 Å². The monoisotopic (exact) mass is 176 g/mol. The number of hydrogen-bond donors (Lipinski definition) is 0. The molecular weight excluding hydrogens is 160 g/mol. The minimum Gasteiger partial charge on any atom is -0.496 e. The maximum atomic E-state index is 5.42. The van der Waals surface area contributed by atoms with Crippen LogP contribution < -0.4 is 4.74 Å². The maximum Gasteiger partial charge on any atom is 0.130 e. The van der Waals surface area contributed by atoms with Crippen LogP contribution in [0.25, 0.3) is 11.1 Å². The van der Waals surface area contributed by atoms with Gasteiger partial charge in [0, 0.05) is 5.56 Å². The Morgan fingerprint density at radius 3 is 2.54 bits per heavy atom. The van der Waals surface area contributed by atoms with E-state index in [4.69, 9.17) is 4.74 Å². The number of hydrogen-bond acceptors (Lipinski definition) is 1. The van der Waals surface area contributed by atoms with E-state index in [1.54, 1.807) is 7.11 Å². The average molecular weight is 176 g/mol. The van der Waals surface area contributed by atoms with Crippen molar-refractivity contribution in [1.29, 1.82) is 0 Å². The summed E-state index contributed by atoms with van der Waals surface area (Å²) >= 11 is 0. The lowest BCUT2D eigenvalue weighted by Crippen LogP contribution is -1.86. The first kappa shape index (κ1) is 8.61. The molecule has 13 heavy (non-hydrogen) atoms. The summed E-state index contributed by atoms with van der Waals surface area (Å²) in [6, 6.07) is 2.28. The lowest BCUT2D eigenvalue weighted by Gasteiger charge is -2.01. The molecule has 0 heterocycles. The van der Waals surface area contributed by atoms with Gasteiger partial charge in [-0.15, -0.1) is 0 Å². The maximum absolute atomic E-state index is 5.42. The molecule has 0 aromatic rings. The van der Waals surface area contributed by atoms with Crippen LogP contribution in [-0.4, -0.2) is 7.11 Å². The molecule has 0 N–H and O–H groups in total. The van der Waals surface area contributed by atoms with E-state index in [2.05, 4.69) is 26.8 Å². The van der Waals surface area contributed by atoms with Gasteiger partial charge in [0.1, 0.15) is 5.75 Å². The summed E-state index contributed by atoms with van der Waals surface area (Å²) in [7, 11) is 1.77. The summed E-state index contributed by atoms with van der Waals surface area (Å²) in [5.41, 5.74) is 5.71. The van der Waals surface area contributed by atoms with Crippen molar-refractivity contribution in [2.45, 2.75) is 33.1 Å². The van der Waals surface area contributed by atoms with E-state index in [1.807, 2.05) is 0 Å². The molecule has 0 amide bonds. The molecule has 0 saturated heterocycles. The number of aryl methyl sites for hydroxylation is 1. The van der Waals surface area contributed by atoms with Crippen LogP contribution in [-0.2, 0) is 6.42 Å². The molecule has 0 atom stereocenters. The zero-order valence-corrected chi connectivity index (χ0v) is 8.77. The van der Waals surface area contributed by atoms with E-state index in [0.29, 0.717) is 5.92 Å². The average Bonchev–Trinajstić information content (AvgIpc) is 2.69. The predicted octanol–water partition coefficient (Wildman–Crippen LogP) is 3.36. The van der Waals surface area contributed by atoms with Crippen LogP contribution in [0.5, 0.6) is 5.75 Å². The van der Waals surface area contributed by atoms with Gasteiger partial charge in [-0.25, -0.2) is 0 Å². The van der Waals surface area contributed by atoms with Crippen molar-refractivity contribution < 1.29 is 4.74 Å². The van der Waals surface area contributed by atoms with E-state index >= 15 is 0 Å². The van der Waals surface area contributed by atoms with Gasteiger partial charge in [0.2, 0.25) is 0 Å². The summed E-state index contributed by atoms with van der Waals surface area (Å²) in [5.74, 6) is 1.77. The van der Waals surface area contributed by atoms with Gasteiger partial charge in [-0.05, 0) is 35.1 Å². The molecule has 2 aliphatic rings. The van der Waals surface area contributed by atoms with Gasteiger partial charge >= 0.3 is 0 Å². The second-order valence-corrected chi connectivity index (χ2v) is 3.91. The summed E-state index contributed by atoms with van der Waals surface area (Å²) in [6.07, 6.45) is 1.07. The van der Waals surface area contributed by atoms with E-state index in [9.17, 15) is 0 Å². The molecule has 2 aliphatic carbocycles. The summed E-state index contributed by atoms with van der Waals surface area (Å²) in [5, 5.41) is 0. The largest absolute Gasteiger partial charge is 0.496 e. The number of benzene rings is 1. The quantitative estimate of drug-likeness (QED) is 0.696. The van der Waals surface area contributed by atoms with Crippen molar-refractivity contribution in [2.24, 2.45) is 0 Å². The van der Waals surface area contributed by atoms with Gasteiger partial charge in [0.05, 0.1) is 7.11 Å². The van der Waals surface area contributed by atoms with Crippen molar-refractivity contribution in [2.75, 3.05) is 7.11 Å². The van der Waals surface area contributed by atoms with E-state index < -0.39 is 0 Å². The van der Waals surface area contributed by atoms with Gasteiger partial charge in [0.25, 0.3) is 0 Å². The molecular formula is C12H16O. The Morgan fingerprint density at radius 2 is 2.08 bits per heavy atom. The van der Waals surface area contributed by atoms with Crippen LogP contribution >= 0.6 is 0 Å². The molecule has 1 nitrogen and oxygen atoms in total. The normalized spacial score (nSPS) is 12.1. The second-order valence-electron chi connectivity index (χ2n) is 3.91. The Balaban J connectivity index is 2.42. The minimum absolute atomic E-state index is 0.643. The van der Waals surface area contributed by atoms with Crippen molar-refractivity contribution >= 4 is 0 Å². The molecule has 0 saturated carbocycles. The Labute approximate surface area is 79.7 Å². The van der Waals surface area contributed by atoms with Gasteiger partial charge in [-0.1, -0.05) is 20.8 Å². The standard InChI is InChI=1S/C12H16O/c1-5-8-6-9-10(7(2)3)11(9)12(8)13-4/h6-7H,5H2,1-4H3. The predicted molar refractivity (Wildman–Crippen MR) is 55.5 cm³/mol. The van der Waals surface area contributed by atoms with Gasteiger partial charge < -0.3 is 4.74 Å². The Hall–Kier alpha value is -0.980.